The Morgan fingerprint density at radius 3 is 2.32 bits per heavy atom. The molecule has 0 radical (unpaired) electrons. The van der Waals surface area contributed by atoms with Gasteiger partial charge in [-0.25, -0.2) is 0 Å². The van der Waals surface area contributed by atoms with E-state index in [4.69, 9.17) is 9.47 Å². The fourth-order valence-electron chi connectivity index (χ4n) is 2.93. The van der Waals surface area contributed by atoms with Crippen LogP contribution in [0.2, 0.25) is 0 Å². The zero-order valence-electron chi connectivity index (χ0n) is 14.5. The van der Waals surface area contributed by atoms with E-state index < -0.39 is 54.6 Å². The zero-order chi connectivity index (χ0) is 20.4. The highest BCUT2D eigenvalue weighted by Gasteiger charge is 2.45. The SMILES string of the molecule is O=C(c1ccccc1)c1c(O)cc(O)cc1O[C@@H]1O[C@@H](CO)[C@@H](O)[C@H](O)[C@@H]1O. The Kier molecular flexibility index (Phi) is 5.82. The Morgan fingerprint density at radius 1 is 1.00 bits per heavy atom. The summed E-state index contributed by atoms with van der Waals surface area (Å²) in [7, 11) is 0. The molecule has 9 nitrogen and oxygen atoms in total. The van der Waals surface area contributed by atoms with E-state index in [1.165, 1.54) is 12.1 Å². The lowest BCUT2D eigenvalue weighted by Gasteiger charge is -2.39. The molecular weight excluding hydrogens is 372 g/mol. The number of ether oxygens (including phenoxy) is 2. The number of aromatic hydroxyl groups is 2. The van der Waals surface area contributed by atoms with Crippen LogP contribution in [0, 0.1) is 0 Å². The number of phenolic OH excluding ortho intramolecular Hbond substituents is 2. The van der Waals surface area contributed by atoms with Crippen LogP contribution in [0.15, 0.2) is 42.5 Å². The van der Waals surface area contributed by atoms with Gasteiger partial charge in [0.15, 0.2) is 0 Å². The molecule has 1 fully saturated rings. The van der Waals surface area contributed by atoms with Gasteiger partial charge in [0.25, 0.3) is 0 Å². The van der Waals surface area contributed by atoms with Crippen LogP contribution in [0.5, 0.6) is 17.2 Å². The van der Waals surface area contributed by atoms with Crippen molar-refractivity contribution >= 4 is 5.78 Å². The molecule has 0 saturated carbocycles. The van der Waals surface area contributed by atoms with Gasteiger partial charge in [-0.15, -0.1) is 0 Å². The van der Waals surface area contributed by atoms with Crippen LogP contribution >= 0.6 is 0 Å². The Labute approximate surface area is 159 Å². The summed E-state index contributed by atoms with van der Waals surface area (Å²) in [6, 6.07) is 10.00. The number of hydrogen-bond acceptors (Lipinski definition) is 9. The Morgan fingerprint density at radius 2 is 1.68 bits per heavy atom. The molecule has 1 saturated heterocycles. The number of ketones is 1. The third-order valence-corrected chi connectivity index (χ3v) is 4.42. The molecule has 1 heterocycles. The Hall–Kier alpha value is -2.69. The summed E-state index contributed by atoms with van der Waals surface area (Å²) in [5.41, 5.74) is -0.0527. The summed E-state index contributed by atoms with van der Waals surface area (Å²) in [5.74, 6) is -1.90. The number of aliphatic hydroxyl groups excluding tert-OH is 4. The third kappa shape index (κ3) is 3.79. The molecule has 3 rings (SSSR count). The van der Waals surface area contributed by atoms with E-state index in [1.807, 2.05) is 0 Å². The van der Waals surface area contributed by atoms with Crippen molar-refractivity contribution in [1.82, 2.24) is 0 Å². The fourth-order valence-corrected chi connectivity index (χ4v) is 2.93. The molecular formula is C19H20O9. The van der Waals surface area contributed by atoms with Gasteiger partial charge >= 0.3 is 0 Å². The molecule has 6 N–H and O–H groups in total. The maximum Gasteiger partial charge on any atom is 0.229 e. The summed E-state index contributed by atoms with van der Waals surface area (Å²) in [5, 5.41) is 59.1. The maximum atomic E-state index is 12.8. The maximum absolute atomic E-state index is 12.8. The summed E-state index contributed by atoms with van der Waals surface area (Å²) in [6.07, 6.45) is -7.79. The minimum absolute atomic E-state index is 0.238. The van der Waals surface area contributed by atoms with Crippen LogP contribution in [0.4, 0.5) is 0 Å². The van der Waals surface area contributed by atoms with Crippen molar-refractivity contribution in [3.8, 4) is 17.2 Å². The second-order valence-corrected chi connectivity index (χ2v) is 6.35. The molecule has 28 heavy (non-hydrogen) atoms. The number of benzene rings is 2. The molecule has 0 amide bonds. The summed E-state index contributed by atoms with van der Waals surface area (Å²) >= 11 is 0. The van der Waals surface area contributed by atoms with Gasteiger partial charge in [-0.1, -0.05) is 30.3 Å². The van der Waals surface area contributed by atoms with Crippen molar-refractivity contribution in [3.05, 3.63) is 53.6 Å². The van der Waals surface area contributed by atoms with Crippen molar-refractivity contribution < 1.29 is 44.9 Å². The smallest absolute Gasteiger partial charge is 0.229 e. The molecule has 2 aromatic carbocycles. The molecule has 1 aliphatic rings. The molecule has 0 aliphatic carbocycles. The van der Waals surface area contributed by atoms with E-state index in [-0.39, 0.29) is 16.9 Å². The van der Waals surface area contributed by atoms with Crippen LogP contribution in [-0.4, -0.2) is 73.7 Å². The highest BCUT2D eigenvalue weighted by atomic mass is 16.7. The summed E-state index contributed by atoms with van der Waals surface area (Å²) < 4.78 is 10.7. The van der Waals surface area contributed by atoms with Gasteiger partial charge in [-0.05, 0) is 0 Å². The lowest BCUT2D eigenvalue weighted by molar-refractivity contribution is -0.277. The number of carbonyl (C=O) groups is 1. The predicted molar refractivity (Wildman–Crippen MR) is 94.0 cm³/mol. The number of phenols is 2. The lowest BCUT2D eigenvalue weighted by atomic mass is 9.99. The first-order valence-electron chi connectivity index (χ1n) is 8.46. The standard InChI is InChI=1S/C19H20O9/c20-8-13-16(24)17(25)18(26)19(28-13)27-12-7-10(21)6-11(22)14(12)15(23)9-4-2-1-3-5-9/h1-7,13,16-22,24-26H,8H2/t13-,16+,17-,18-,19+/m0/s1. The molecule has 0 spiro atoms. The molecule has 0 bridgehead atoms. The predicted octanol–water partition coefficient (Wildman–Crippen LogP) is -0.493. The van der Waals surface area contributed by atoms with E-state index in [0.29, 0.717) is 0 Å². The topological polar surface area (TPSA) is 157 Å². The monoisotopic (exact) mass is 392 g/mol. The number of rotatable bonds is 5. The molecule has 0 aromatic heterocycles. The van der Waals surface area contributed by atoms with E-state index in [0.717, 1.165) is 12.1 Å². The lowest BCUT2D eigenvalue weighted by Crippen LogP contribution is -2.60. The van der Waals surface area contributed by atoms with Gasteiger partial charge in [-0.2, -0.15) is 0 Å². The van der Waals surface area contributed by atoms with Gasteiger partial charge in [-0.3, -0.25) is 4.79 Å². The summed E-state index contributed by atoms with van der Waals surface area (Å²) in [6.45, 7) is -0.661. The van der Waals surface area contributed by atoms with E-state index in [2.05, 4.69) is 0 Å². The van der Waals surface area contributed by atoms with Gasteiger partial charge in [0.1, 0.15) is 47.2 Å². The number of aliphatic hydroxyl groups is 4. The van der Waals surface area contributed by atoms with E-state index in [1.54, 1.807) is 18.2 Å². The van der Waals surface area contributed by atoms with Crippen molar-refractivity contribution in [1.29, 1.82) is 0 Å². The highest BCUT2D eigenvalue weighted by Crippen LogP contribution is 2.36. The minimum atomic E-state index is -1.72. The first-order valence-corrected chi connectivity index (χ1v) is 8.46. The van der Waals surface area contributed by atoms with Crippen molar-refractivity contribution in [2.45, 2.75) is 30.7 Å². The zero-order valence-corrected chi connectivity index (χ0v) is 14.5. The largest absolute Gasteiger partial charge is 0.508 e. The number of hydrogen-bond donors (Lipinski definition) is 6. The van der Waals surface area contributed by atoms with E-state index in [9.17, 15) is 35.4 Å². The molecule has 2 aromatic rings. The molecule has 5 atom stereocenters. The van der Waals surface area contributed by atoms with Crippen LogP contribution in [-0.2, 0) is 4.74 Å². The fraction of sp³-hybridized carbons (Fsp3) is 0.316. The Balaban J connectivity index is 1.97. The average Bonchev–Trinajstić information content (AvgIpc) is 2.68. The van der Waals surface area contributed by atoms with Gasteiger partial charge in [0, 0.05) is 17.7 Å². The molecule has 9 heteroatoms. The second kappa shape index (κ2) is 8.13. The average molecular weight is 392 g/mol. The normalized spacial score (nSPS) is 27.4. The van der Waals surface area contributed by atoms with Crippen molar-refractivity contribution in [2.75, 3.05) is 6.61 Å². The van der Waals surface area contributed by atoms with Crippen LogP contribution in [0.1, 0.15) is 15.9 Å². The first kappa shape index (κ1) is 20.1. The third-order valence-electron chi connectivity index (χ3n) is 4.42. The Bertz CT molecular complexity index is 837. The second-order valence-electron chi connectivity index (χ2n) is 6.35. The van der Waals surface area contributed by atoms with E-state index >= 15 is 0 Å². The van der Waals surface area contributed by atoms with Crippen LogP contribution in [0.3, 0.4) is 0 Å². The van der Waals surface area contributed by atoms with Gasteiger partial charge in [0.2, 0.25) is 12.1 Å². The first-order chi connectivity index (χ1) is 13.3. The van der Waals surface area contributed by atoms with Gasteiger partial charge in [0.05, 0.1) is 6.61 Å². The molecule has 150 valence electrons. The number of carbonyl (C=O) groups excluding carboxylic acids is 1. The molecule has 0 unspecified atom stereocenters. The quantitative estimate of drug-likeness (QED) is 0.369. The van der Waals surface area contributed by atoms with Crippen molar-refractivity contribution in [3.63, 3.8) is 0 Å². The van der Waals surface area contributed by atoms with Crippen LogP contribution < -0.4 is 4.74 Å². The minimum Gasteiger partial charge on any atom is -0.508 e. The molecule has 1 aliphatic heterocycles. The van der Waals surface area contributed by atoms with Gasteiger partial charge < -0.3 is 40.1 Å². The van der Waals surface area contributed by atoms with Crippen LogP contribution in [0.25, 0.3) is 0 Å². The summed E-state index contributed by atoms with van der Waals surface area (Å²) in [4.78, 5) is 12.8. The highest BCUT2D eigenvalue weighted by molar-refractivity contribution is 6.12. The van der Waals surface area contributed by atoms with Crippen molar-refractivity contribution in [2.24, 2.45) is 0 Å².